The summed E-state index contributed by atoms with van der Waals surface area (Å²) in [5.41, 5.74) is 1.63. The van der Waals surface area contributed by atoms with Crippen LogP contribution in [-0.4, -0.2) is 18.7 Å². The summed E-state index contributed by atoms with van der Waals surface area (Å²) < 4.78 is 5.03. The van der Waals surface area contributed by atoms with Crippen molar-refractivity contribution in [3.05, 3.63) is 42.0 Å². The number of carbonyl (C=O) groups excluding carboxylic acids is 1. The lowest BCUT2D eigenvalue weighted by atomic mass is 10.1. The Bertz CT molecular complexity index is 415. The Balaban J connectivity index is 2.30. The molecule has 0 aromatic heterocycles. The van der Waals surface area contributed by atoms with Crippen molar-refractivity contribution in [2.45, 2.75) is 0 Å². The molecule has 3 nitrogen and oxygen atoms in total. The number of hydrogen-bond acceptors (Lipinski definition) is 2. The van der Waals surface area contributed by atoms with Crippen LogP contribution in [0.1, 0.15) is 5.56 Å². The van der Waals surface area contributed by atoms with E-state index < -0.39 is 0 Å². The number of carbonyl (C=O) groups is 1. The third-order valence-corrected chi connectivity index (χ3v) is 2.00. The molecule has 0 spiro atoms. The molecule has 70 valence electrons. The molecule has 1 aromatic carbocycles. The highest BCUT2D eigenvalue weighted by molar-refractivity contribution is 6.20. The normalized spacial score (nSPS) is 14.4. The van der Waals surface area contributed by atoms with Crippen molar-refractivity contribution in [1.82, 2.24) is 0 Å². The van der Waals surface area contributed by atoms with Crippen LogP contribution in [0.2, 0.25) is 0 Å². The minimum Gasteiger partial charge on any atom is -0.497 e. The maximum atomic E-state index is 10.9. The second-order valence-corrected chi connectivity index (χ2v) is 2.90. The van der Waals surface area contributed by atoms with E-state index in [2.05, 4.69) is 4.99 Å². The van der Waals surface area contributed by atoms with Crippen LogP contribution in [-0.2, 0) is 4.79 Å². The number of nitrogens with zero attached hydrogens (tertiary/aromatic N) is 1. The largest absolute Gasteiger partial charge is 0.497 e. The van der Waals surface area contributed by atoms with Crippen LogP contribution in [0.4, 0.5) is 0 Å². The van der Waals surface area contributed by atoms with Crippen LogP contribution in [0.3, 0.4) is 0 Å². The molecular weight excluding hydrogens is 178 g/mol. The van der Waals surface area contributed by atoms with Gasteiger partial charge in [0, 0.05) is 11.6 Å². The van der Waals surface area contributed by atoms with Crippen LogP contribution in [0.15, 0.2) is 41.4 Å². The molecule has 0 bridgehead atoms. The van der Waals surface area contributed by atoms with Crippen molar-refractivity contribution in [2.24, 2.45) is 4.99 Å². The molecule has 3 heteroatoms. The van der Waals surface area contributed by atoms with Crippen molar-refractivity contribution in [3.63, 3.8) is 0 Å². The summed E-state index contributed by atoms with van der Waals surface area (Å²) in [6.45, 7) is 0. The monoisotopic (exact) mass is 187 g/mol. The molecule has 0 saturated carbocycles. The zero-order valence-corrected chi connectivity index (χ0v) is 7.73. The van der Waals surface area contributed by atoms with E-state index in [4.69, 9.17) is 4.74 Å². The molecule has 2 rings (SSSR count). The summed E-state index contributed by atoms with van der Waals surface area (Å²) in [6.07, 6.45) is 3.17. The predicted octanol–water partition coefficient (Wildman–Crippen LogP) is 1.58. The van der Waals surface area contributed by atoms with Crippen LogP contribution in [0, 0.1) is 0 Å². The lowest BCUT2D eigenvalue weighted by molar-refractivity contribution is -0.113. The summed E-state index contributed by atoms with van der Waals surface area (Å²) in [6, 6.07) is 7.43. The Morgan fingerprint density at radius 1 is 1.14 bits per heavy atom. The van der Waals surface area contributed by atoms with Gasteiger partial charge in [-0.3, -0.25) is 4.79 Å². The van der Waals surface area contributed by atoms with E-state index in [1.807, 2.05) is 24.3 Å². The fourth-order valence-electron chi connectivity index (χ4n) is 1.27. The van der Waals surface area contributed by atoms with Gasteiger partial charge in [-0.2, -0.15) is 0 Å². The maximum absolute atomic E-state index is 10.9. The number of ether oxygens (including phenoxy) is 1. The van der Waals surface area contributed by atoms with Gasteiger partial charge >= 0.3 is 0 Å². The van der Waals surface area contributed by atoms with Gasteiger partial charge in [0.25, 0.3) is 5.91 Å². The Hall–Kier alpha value is -1.90. The van der Waals surface area contributed by atoms with Crippen molar-refractivity contribution in [1.29, 1.82) is 0 Å². The first-order valence-electron chi connectivity index (χ1n) is 4.25. The maximum Gasteiger partial charge on any atom is 0.270 e. The molecule has 0 radical (unpaired) electrons. The molecule has 0 aliphatic carbocycles. The van der Waals surface area contributed by atoms with Crippen LogP contribution in [0.5, 0.6) is 5.75 Å². The van der Waals surface area contributed by atoms with Gasteiger partial charge in [-0.1, -0.05) is 0 Å². The van der Waals surface area contributed by atoms with E-state index in [-0.39, 0.29) is 5.91 Å². The number of rotatable bonds is 2. The first-order valence-corrected chi connectivity index (χ1v) is 4.25. The lowest BCUT2D eigenvalue weighted by Crippen LogP contribution is -1.94. The number of aliphatic imine (C=N–C) groups is 1. The summed E-state index contributed by atoms with van der Waals surface area (Å²) in [7, 11) is 1.62. The average Bonchev–Trinajstić information content (AvgIpc) is 2.65. The molecule has 0 saturated heterocycles. The van der Waals surface area contributed by atoms with Gasteiger partial charge < -0.3 is 4.74 Å². The zero-order valence-electron chi connectivity index (χ0n) is 7.73. The highest BCUT2D eigenvalue weighted by Crippen LogP contribution is 2.14. The summed E-state index contributed by atoms with van der Waals surface area (Å²) >= 11 is 0. The lowest BCUT2D eigenvalue weighted by Gasteiger charge is -2.00. The topological polar surface area (TPSA) is 38.7 Å². The van der Waals surface area contributed by atoms with Gasteiger partial charge in [-0.05, 0) is 30.3 Å². The van der Waals surface area contributed by atoms with Crippen LogP contribution < -0.4 is 4.74 Å². The highest BCUT2D eigenvalue weighted by Gasteiger charge is 2.08. The van der Waals surface area contributed by atoms with Gasteiger partial charge in [0.1, 0.15) is 5.75 Å². The second kappa shape index (κ2) is 3.46. The van der Waals surface area contributed by atoms with Gasteiger partial charge in [0.2, 0.25) is 0 Å². The third-order valence-electron chi connectivity index (χ3n) is 2.00. The Morgan fingerprint density at radius 2 is 1.86 bits per heavy atom. The number of benzene rings is 1. The minimum atomic E-state index is -0.198. The molecular formula is C11H9NO2. The molecule has 14 heavy (non-hydrogen) atoms. The molecule has 1 amide bonds. The summed E-state index contributed by atoms with van der Waals surface area (Å²) in [5, 5.41) is 0. The van der Waals surface area contributed by atoms with E-state index >= 15 is 0 Å². The fourth-order valence-corrected chi connectivity index (χ4v) is 1.27. The van der Waals surface area contributed by atoms with E-state index in [0.29, 0.717) is 5.71 Å². The zero-order chi connectivity index (χ0) is 9.97. The minimum absolute atomic E-state index is 0.198. The predicted molar refractivity (Wildman–Crippen MR) is 53.7 cm³/mol. The van der Waals surface area contributed by atoms with Crippen LogP contribution >= 0.6 is 0 Å². The molecule has 0 unspecified atom stereocenters. The van der Waals surface area contributed by atoms with E-state index in [1.54, 1.807) is 13.2 Å². The smallest absolute Gasteiger partial charge is 0.270 e. The number of amides is 1. The van der Waals surface area contributed by atoms with Crippen molar-refractivity contribution >= 4 is 11.6 Å². The molecule has 0 fully saturated rings. The third kappa shape index (κ3) is 1.57. The van der Waals surface area contributed by atoms with Crippen molar-refractivity contribution in [2.75, 3.05) is 7.11 Å². The molecule has 1 heterocycles. The van der Waals surface area contributed by atoms with Gasteiger partial charge in [-0.25, -0.2) is 4.99 Å². The quantitative estimate of drug-likeness (QED) is 0.705. The second-order valence-electron chi connectivity index (χ2n) is 2.90. The number of methoxy groups -OCH3 is 1. The van der Waals surface area contributed by atoms with Crippen molar-refractivity contribution in [3.8, 4) is 5.75 Å². The molecule has 1 aromatic rings. The summed E-state index contributed by atoms with van der Waals surface area (Å²) in [4.78, 5) is 14.7. The molecule has 1 aliphatic rings. The van der Waals surface area contributed by atoms with Gasteiger partial charge in [-0.15, -0.1) is 0 Å². The van der Waals surface area contributed by atoms with E-state index in [1.165, 1.54) is 6.08 Å². The number of hydrogen-bond donors (Lipinski definition) is 0. The van der Waals surface area contributed by atoms with Crippen LogP contribution in [0.25, 0.3) is 0 Å². The highest BCUT2D eigenvalue weighted by atomic mass is 16.5. The van der Waals surface area contributed by atoms with Crippen molar-refractivity contribution < 1.29 is 9.53 Å². The molecule has 0 atom stereocenters. The van der Waals surface area contributed by atoms with Gasteiger partial charge in [0.05, 0.1) is 12.8 Å². The fraction of sp³-hybridized carbons (Fsp3) is 0.0909. The SMILES string of the molecule is COc1ccc(C2=NC(=O)C=C2)cc1. The average molecular weight is 187 g/mol. The Labute approximate surface area is 81.7 Å². The first kappa shape index (κ1) is 8.69. The molecule has 1 aliphatic heterocycles. The summed E-state index contributed by atoms with van der Waals surface area (Å²) in [5.74, 6) is 0.596. The standard InChI is InChI=1S/C11H9NO2/c1-14-9-4-2-8(3-5-9)10-6-7-11(13)12-10/h2-7H,1H3. The van der Waals surface area contributed by atoms with E-state index in [0.717, 1.165) is 11.3 Å². The van der Waals surface area contributed by atoms with Gasteiger partial charge in [0.15, 0.2) is 0 Å². The first-order chi connectivity index (χ1) is 6.79. The molecule has 0 N–H and O–H groups in total. The van der Waals surface area contributed by atoms with E-state index in [9.17, 15) is 4.79 Å². The Morgan fingerprint density at radius 3 is 2.36 bits per heavy atom. The number of allylic oxidation sites excluding steroid dienone is 1. The Kier molecular flexibility index (Phi) is 2.14.